The van der Waals surface area contributed by atoms with Gasteiger partial charge in [0.1, 0.15) is 6.61 Å². The van der Waals surface area contributed by atoms with Gasteiger partial charge in [0.2, 0.25) is 5.91 Å². The first kappa shape index (κ1) is 11.3. The molecular weight excluding hydrogens is 194 g/mol. The van der Waals surface area contributed by atoms with E-state index in [9.17, 15) is 13.6 Å². The molecule has 2 N–H and O–H groups in total. The van der Waals surface area contributed by atoms with E-state index in [1.54, 1.807) is 7.05 Å². The lowest BCUT2D eigenvalue weighted by Gasteiger charge is -2.22. The average Bonchev–Trinajstić information content (AvgIpc) is 2.47. The van der Waals surface area contributed by atoms with E-state index in [0.717, 1.165) is 4.90 Å². The van der Waals surface area contributed by atoms with Crippen molar-refractivity contribution in [1.29, 1.82) is 0 Å². The zero-order valence-electron chi connectivity index (χ0n) is 7.96. The molecule has 6 heteroatoms. The van der Waals surface area contributed by atoms with Crippen molar-refractivity contribution < 1.29 is 18.7 Å². The van der Waals surface area contributed by atoms with E-state index in [1.165, 1.54) is 0 Å². The van der Waals surface area contributed by atoms with E-state index in [-0.39, 0.29) is 11.9 Å². The first-order valence-corrected chi connectivity index (χ1v) is 4.45. The molecule has 1 unspecified atom stereocenters. The van der Waals surface area contributed by atoms with Crippen LogP contribution in [-0.4, -0.2) is 54.6 Å². The van der Waals surface area contributed by atoms with Crippen LogP contribution in [-0.2, 0) is 4.79 Å². The molecule has 0 saturated carbocycles. The normalized spacial score (nSPS) is 23.3. The molecule has 82 valence electrons. The van der Waals surface area contributed by atoms with Crippen molar-refractivity contribution in [2.24, 2.45) is 0 Å². The fourth-order valence-corrected chi connectivity index (χ4v) is 1.49. The van der Waals surface area contributed by atoms with Crippen molar-refractivity contribution >= 4 is 5.91 Å². The van der Waals surface area contributed by atoms with E-state index in [4.69, 9.17) is 5.11 Å². The van der Waals surface area contributed by atoms with Crippen molar-refractivity contribution in [3.05, 3.63) is 0 Å². The molecular formula is C8H14F2N2O2. The molecule has 1 rings (SSSR count). The van der Waals surface area contributed by atoms with Crippen molar-refractivity contribution in [2.45, 2.75) is 18.4 Å². The lowest BCUT2D eigenvalue weighted by Crippen LogP contribution is -2.43. The van der Waals surface area contributed by atoms with Gasteiger partial charge in [0.25, 0.3) is 5.92 Å². The van der Waals surface area contributed by atoms with Crippen LogP contribution in [0.15, 0.2) is 0 Å². The van der Waals surface area contributed by atoms with Crippen LogP contribution in [0.1, 0.15) is 6.42 Å². The van der Waals surface area contributed by atoms with Crippen LogP contribution >= 0.6 is 0 Å². The van der Waals surface area contributed by atoms with E-state index in [2.05, 4.69) is 5.32 Å². The number of nitrogens with one attached hydrogen (secondary N) is 1. The van der Waals surface area contributed by atoms with Crippen molar-refractivity contribution in [2.75, 3.05) is 26.7 Å². The number of likely N-dealkylation sites (tertiary alicyclic amines) is 1. The summed E-state index contributed by atoms with van der Waals surface area (Å²) < 4.78 is 25.5. The van der Waals surface area contributed by atoms with E-state index in [1.807, 2.05) is 0 Å². The first-order chi connectivity index (χ1) is 6.50. The van der Waals surface area contributed by atoms with Crippen LogP contribution in [0, 0.1) is 0 Å². The van der Waals surface area contributed by atoms with Crippen LogP contribution in [0.3, 0.4) is 0 Å². The Morgan fingerprint density at radius 3 is 2.79 bits per heavy atom. The van der Waals surface area contributed by atoms with Gasteiger partial charge in [-0.25, -0.2) is 8.78 Å². The van der Waals surface area contributed by atoms with Gasteiger partial charge in [0.05, 0.1) is 12.6 Å². The molecule has 1 atom stereocenters. The summed E-state index contributed by atoms with van der Waals surface area (Å²) in [6.45, 7) is -1.60. The van der Waals surface area contributed by atoms with Gasteiger partial charge in [0, 0.05) is 6.54 Å². The van der Waals surface area contributed by atoms with Gasteiger partial charge in [-0.15, -0.1) is 0 Å². The van der Waals surface area contributed by atoms with E-state index >= 15 is 0 Å². The van der Waals surface area contributed by atoms with Crippen LogP contribution in [0.25, 0.3) is 0 Å². The fraction of sp³-hybridized carbons (Fsp3) is 0.875. The average molecular weight is 208 g/mol. The maximum Gasteiger partial charge on any atom is 0.287 e. The number of likely N-dealkylation sites (N-methyl/N-ethyl adjacent to an activating group) is 1. The molecule has 0 radical (unpaired) electrons. The van der Waals surface area contributed by atoms with Gasteiger partial charge in [-0.1, -0.05) is 0 Å². The van der Waals surface area contributed by atoms with Gasteiger partial charge in [-0.2, -0.15) is 0 Å². The third-order valence-electron chi connectivity index (χ3n) is 2.30. The lowest BCUT2D eigenvalue weighted by molar-refractivity contribution is -0.136. The Morgan fingerprint density at radius 1 is 1.71 bits per heavy atom. The summed E-state index contributed by atoms with van der Waals surface area (Å²) in [6.07, 6.45) is 0.539. The van der Waals surface area contributed by atoms with E-state index < -0.39 is 19.1 Å². The molecule has 4 nitrogen and oxygen atoms in total. The summed E-state index contributed by atoms with van der Waals surface area (Å²) >= 11 is 0. The number of aliphatic hydroxyl groups is 1. The topological polar surface area (TPSA) is 52.6 Å². The van der Waals surface area contributed by atoms with Gasteiger partial charge >= 0.3 is 0 Å². The zero-order chi connectivity index (χ0) is 10.8. The number of hydrogen-bond donors (Lipinski definition) is 2. The predicted molar refractivity (Wildman–Crippen MR) is 46.1 cm³/mol. The highest BCUT2D eigenvalue weighted by molar-refractivity contribution is 5.83. The molecule has 1 aliphatic rings. The molecule has 1 heterocycles. The molecule has 0 bridgehead atoms. The van der Waals surface area contributed by atoms with Crippen molar-refractivity contribution in [3.8, 4) is 0 Å². The standard InChI is InChI=1S/C8H14F2N2O2/c1-11-6-2-3-12(7(6)14)4-8(9,10)5-13/h6,11,13H,2-5H2,1H3. The Bertz CT molecular complexity index is 223. The molecule has 1 fully saturated rings. The number of carbonyl (C=O) groups excluding carboxylic acids is 1. The third kappa shape index (κ3) is 2.39. The summed E-state index contributed by atoms with van der Waals surface area (Å²) in [4.78, 5) is 12.5. The fourth-order valence-electron chi connectivity index (χ4n) is 1.49. The summed E-state index contributed by atoms with van der Waals surface area (Å²) in [5, 5.41) is 11.1. The molecule has 0 aromatic rings. The van der Waals surface area contributed by atoms with Gasteiger partial charge in [-0.3, -0.25) is 4.79 Å². The second-order valence-electron chi connectivity index (χ2n) is 3.40. The highest BCUT2D eigenvalue weighted by Crippen LogP contribution is 2.19. The highest BCUT2D eigenvalue weighted by Gasteiger charge is 2.38. The van der Waals surface area contributed by atoms with Gasteiger partial charge < -0.3 is 15.3 Å². The van der Waals surface area contributed by atoms with Crippen LogP contribution in [0.5, 0.6) is 0 Å². The number of amides is 1. The molecule has 1 aliphatic heterocycles. The second kappa shape index (κ2) is 4.18. The zero-order valence-corrected chi connectivity index (χ0v) is 7.96. The second-order valence-corrected chi connectivity index (χ2v) is 3.40. The largest absolute Gasteiger partial charge is 0.390 e. The summed E-state index contributed by atoms with van der Waals surface area (Å²) in [5.74, 6) is -3.52. The minimum atomic E-state index is -3.20. The van der Waals surface area contributed by atoms with E-state index in [0.29, 0.717) is 13.0 Å². The number of alkyl halides is 2. The third-order valence-corrected chi connectivity index (χ3v) is 2.30. The Balaban J connectivity index is 2.52. The Hall–Kier alpha value is -0.750. The number of hydrogen-bond acceptors (Lipinski definition) is 3. The Labute approximate surface area is 80.9 Å². The minimum absolute atomic E-state index is 0.319. The number of aliphatic hydroxyl groups excluding tert-OH is 1. The SMILES string of the molecule is CNC1CCN(CC(F)(F)CO)C1=O. The maximum absolute atomic E-state index is 12.7. The predicted octanol–water partition coefficient (Wildman–Crippen LogP) is -0.566. The minimum Gasteiger partial charge on any atom is -0.390 e. The van der Waals surface area contributed by atoms with Gasteiger partial charge in [0.15, 0.2) is 0 Å². The molecule has 0 aliphatic carbocycles. The van der Waals surface area contributed by atoms with Gasteiger partial charge in [-0.05, 0) is 13.5 Å². The summed E-state index contributed by atoms with van der Waals surface area (Å²) in [6, 6.07) is -0.357. The Morgan fingerprint density at radius 2 is 2.36 bits per heavy atom. The summed E-state index contributed by atoms with van der Waals surface area (Å²) in [7, 11) is 1.62. The number of nitrogens with zero attached hydrogens (tertiary/aromatic N) is 1. The smallest absolute Gasteiger partial charge is 0.287 e. The molecule has 1 saturated heterocycles. The van der Waals surface area contributed by atoms with Crippen molar-refractivity contribution in [3.63, 3.8) is 0 Å². The van der Waals surface area contributed by atoms with Crippen molar-refractivity contribution in [1.82, 2.24) is 10.2 Å². The quantitative estimate of drug-likeness (QED) is 0.651. The highest BCUT2D eigenvalue weighted by atomic mass is 19.3. The first-order valence-electron chi connectivity index (χ1n) is 4.45. The maximum atomic E-state index is 12.7. The lowest BCUT2D eigenvalue weighted by atomic mass is 10.2. The summed E-state index contributed by atoms with van der Waals surface area (Å²) in [5.41, 5.74) is 0. The monoisotopic (exact) mass is 208 g/mol. The molecule has 14 heavy (non-hydrogen) atoms. The Kier molecular flexibility index (Phi) is 3.38. The van der Waals surface area contributed by atoms with Crippen LogP contribution in [0.2, 0.25) is 0 Å². The molecule has 0 aromatic heterocycles. The number of carbonyl (C=O) groups is 1. The van der Waals surface area contributed by atoms with Crippen LogP contribution < -0.4 is 5.32 Å². The molecule has 0 spiro atoms. The molecule has 1 amide bonds. The number of halogens is 2. The van der Waals surface area contributed by atoms with Crippen LogP contribution in [0.4, 0.5) is 8.78 Å². The molecule has 0 aromatic carbocycles. The number of rotatable bonds is 4.